The lowest BCUT2D eigenvalue weighted by molar-refractivity contribution is 0.951. The Morgan fingerprint density at radius 2 is 2.58 bits per heavy atom. The van der Waals surface area contributed by atoms with Crippen molar-refractivity contribution < 1.29 is 0 Å². The Kier molecular flexibility index (Phi) is 2.00. The van der Waals surface area contributed by atoms with E-state index >= 15 is 0 Å². The van der Waals surface area contributed by atoms with Crippen LogP contribution >= 0.6 is 11.5 Å². The predicted octanol–water partition coefficient (Wildman–Crippen LogP) is 0.873. The van der Waals surface area contributed by atoms with Gasteiger partial charge in [0.05, 0.1) is 0 Å². The number of rotatable bonds is 3. The van der Waals surface area contributed by atoms with Crippen molar-refractivity contribution in [1.29, 1.82) is 0 Å². The van der Waals surface area contributed by atoms with E-state index in [2.05, 4.69) is 25.1 Å². The molecule has 2 aromatic rings. The van der Waals surface area contributed by atoms with E-state index in [1.54, 1.807) is 0 Å². The van der Waals surface area contributed by atoms with E-state index in [4.69, 9.17) is 0 Å². The first kappa shape index (κ1) is 7.23. The van der Waals surface area contributed by atoms with E-state index in [0.717, 1.165) is 11.7 Å². The molecular weight excluding hydrogens is 174 g/mol. The molecular formula is C6H7N5S. The van der Waals surface area contributed by atoms with Crippen molar-refractivity contribution in [2.45, 2.75) is 6.54 Å². The Labute approximate surface area is 73.0 Å². The molecule has 2 heterocycles. The van der Waals surface area contributed by atoms with Gasteiger partial charge in [-0.15, -0.1) is 0 Å². The first-order valence-electron chi connectivity index (χ1n) is 3.46. The third kappa shape index (κ3) is 1.59. The van der Waals surface area contributed by atoms with Crippen LogP contribution < -0.4 is 5.32 Å². The minimum absolute atomic E-state index is 0.746. The van der Waals surface area contributed by atoms with Crippen LogP contribution in [-0.2, 0) is 6.54 Å². The molecule has 6 heteroatoms. The summed E-state index contributed by atoms with van der Waals surface area (Å²) in [6.07, 6.45) is 3.82. The minimum atomic E-state index is 0.746. The molecule has 0 aliphatic carbocycles. The quantitative estimate of drug-likeness (QED) is 0.737. The molecule has 0 unspecified atom stereocenters. The Hall–Kier alpha value is -1.43. The highest BCUT2D eigenvalue weighted by Crippen LogP contribution is 2.06. The molecule has 2 rings (SSSR count). The predicted molar refractivity (Wildman–Crippen MR) is 45.8 cm³/mol. The number of nitrogens with zero attached hydrogens (tertiary/aromatic N) is 3. The topological polar surface area (TPSA) is 66.5 Å². The summed E-state index contributed by atoms with van der Waals surface area (Å²) in [7, 11) is 0. The fraction of sp³-hybridized carbons (Fsp3) is 0.167. The molecule has 2 aromatic heterocycles. The fourth-order valence-corrected chi connectivity index (χ4v) is 1.21. The van der Waals surface area contributed by atoms with Crippen LogP contribution in [0.3, 0.4) is 0 Å². The summed E-state index contributed by atoms with van der Waals surface area (Å²) in [6.45, 7) is 0.750. The summed E-state index contributed by atoms with van der Waals surface area (Å²) in [6, 6.07) is 2.00. The summed E-state index contributed by atoms with van der Waals surface area (Å²) in [5.74, 6) is 0. The first-order chi connectivity index (χ1) is 5.95. The Bertz CT molecular complexity index is 279. The fourth-order valence-electron chi connectivity index (χ4n) is 0.848. The largest absolute Gasteiger partial charge is 0.367 e. The molecule has 0 spiro atoms. The molecule has 12 heavy (non-hydrogen) atoms. The average Bonchev–Trinajstić information content (AvgIpc) is 2.74. The Morgan fingerprint density at radius 3 is 3.25 bits per heavy atom. The van der Waals surface area contributed by atoms with Crippen molar-refractivity contribution in [3.05, 3.63) is 24.0 Å². The highest BCUT2D eigenvalue weighted by atomic mass is 32.1. The summed E-state index contributed by atoms with van der Waals surface area (Å²) in [5, 5.41) is 11.1. The molecule has 0 radical (unpaired) electrons. The van der Waals surface area contributed by atoms with Gasteiger partial charge in [-0.3, -0.25) is 0 Å². The number of H-pyrrole nitrogens is 1. The van der Waals surface area contributed by atoms with Crippen molar-refractivity contribution in [2.24, 2.45) is 0 Å². The van der Waals surface area contributed by atoms with E-state index in [9.17, 15) is 0 Å². The zero-order chi connectivity index (χ0) is 8.23. The van der Waals surface area contributed by atoms with E-state index in [1.807, 2.05) is 18.5 Å². The molecule has 0 saturated carbocycles. The summed E-state index contributed by atoms with van der Waals surface area (Å²) in [5.41, 5.74) is 1.19. The second kappa shape index (κ2) is 3.31. The van der Waals surface area contributed by atoms with Gasteiger partial charge in [-0.05, 0) is 16.8 Å². The molecule has 0 bridgehead atoms. The number of hydrogen-bond acceptors (Lipinski definition) is 5. The Morgan fingerprint density at radius 1 is 1.58 bits per heavy atom. The highest BCUT2D eigenvalue weighted by molar-refractivity contribution is 7.09. The van der Waals surface area contributed by atoms with E-state index in [0.29, 0.717) is 0 Å². The lowest BCUT2D eigenvalue weighted by Gasteiger charge is -1.96. The smallest absolute Gasteiger partial charge is 0.225 e. The van der Waals surface area contributed by atoms with Crippen molar-refractivity contribution in [3.63, 3.8) is 0 Å². The van der Waals surface area contributed by atoms with Crippen LogP contribution in [0.4, 0.5) is 5.13 Å². The lowest BCUT2D eigenvalue weighted by Crippen LogP contribution is -1.97. The van der Waals surface area contributed by atoms with Gasteiger partial charge in [0.2, 0.25) is 5.13 Å². The third-order valence-corrected chi connectivity index (χ3v) is 1.96. The normalized spacial score (nSPS) is 10.0. The van der Waals surface area contributed by atoms with Gasteiger partial charge in [-0.25, -0.2) is 0 Å². The van der Waals surface area contributed by atoms with Crippen LogP contribution in [0.2, 0.25) is 0 Å². The summed E-state index contributed by atoms with van der Waals surface area (Å²) >= 11 is 1.25. The van der Waals surface area contributed by atoms with E-state index < -0.39 is 0 Å². The SMILES string of the molecule is c1cc(CNc2nnns2)c[nH]1. The zero-order valence-electron chi connectivity index (χ0n) is 6.19. The van der Waals surface area contributed by atoms with E-state index in [-0.39, 0.29) is 0 Å². The number of nitrogens with one attached hydrogen (secondary N) is 2. The van der Waals surface area contributed by atoms with Crippen LogP contribution in [0.1, 0.15) is 5.56 Å². The zero-order valence-corrected chi connectivity index (χ0v) is 7.01. The molecule has 0 aromatic carbocycles. The van der Waals surface area contributed by atoms with Gasteiger partial charge in [0.15, 0.2) is 0 Å². The maximum absolute atomic E-state index is 3.75. The molecule has 5 nitrogen and oxygen atoms in total. The lowest BCUT2D eigenvalue weighted by atomic mass is 10.3. The summed E-state index contributed by atoms with van der Waals surface area (Å²) in [4.78, 5) is 2.97. The molecule has 0 atom stereocenters. The third-order valence-electron chi connectivity index (χ3n) is 1.41. The maximum Gasteiger partial charge on any atom is 0.225 e. The van der Waals surface area contributed by atoms with Gasteiger partial charge in [0, 0.05) is 30.5 Å². The van der Waals surface area contributed by atoms with Gasteiger partial charge in [0.25, 0.3) is 0 Å². The van der Waals surface area contributed by atoms with Crippen LogP contribution in [0, 0.1) is 0 Å². The summed E-state index contributed by atoms with van der Waals surface area (Å²) < 4.78 is 3.63. The van der Waals surface area contributed by atoms with Gasteiger partial charge < -0.3 is 10.3 Å². The molecule has 0 aliphatic rings. The van der Waals surface area contributed by atoms with Gasteiger partial charge in [-0.2, -0.15) is 0 Å². The van der Waals surface area contributed by atoms with Crippen LogP contribution in [0.15, 0.2) is 18.5 Å². The second-order valence-electron chi connectivity index (χ2n) is 2.24. The average molecular weight is 181 g/mol. The molecule has 0 saturated heterocycles. The molecule has 0 amide bonds. The van der Waals surface area contributed by atoms with E-state index in [1.165, 1.54) is 17.1 Å². The molecule has 0 fully saturated rings. The second-order valence-corrected chi connectivity index (χ2v) is 2.97. The van der Waals surface area contributed by atoms with Gasteiger partial charge in [-0.1, -0.05) is 9.59 Å². The molecule has 2 N–H and O–H groups in total. The number of aromatic nitrogens is 4. The highest BCUT2D eigenvalue weighted by Gasteiger charge is 1.96. The standard InChI is InChI=1S/C6H7N5S/c1-2-7-3-5(1)4-8-6-9-10-11-12-6/h1-3,7H,4H2,(H,8,9,11). The van der Waals surface area contributed by atoms with Crippen molar-refractivity contribution in [2.75, 3.05) is 5.32 Å². The molecule has 62 valence electrons. The first-order valence-corrected chi connectivity index (χ1v) is 4.23. The Balaban J connectivity index is 1.91. The molecule has 0 aliphatic heterocycles. The van der Waals surface area contributed by atoms with Gasteiger partial charge >= 0.3 is 0 Å². The van der Waals surface area contributed by atoms with Crippen molar-refractivity contribution in [1.82, 2.24) is 19.8 Å². The number of hydrogen-bond donors (Lipinski definition) is 2. The van der Waals surface area contributed by atoms with Crippen molar-refractivity contribution in [3.8, 4) is 0 Å². The maximum atomic E-state index is 3.75. The van der Waals surface area contributed by atoms with Gasteiger partial charge in [0.1, 0.15) is 0 Å². The number of aromatic amines is 1. The van der Waals surface area contributed by atoms with Crippen LogP contribution in [-0.4, -0.2) is 19.8 Å². The van der Waals surface area contributed by atoms with Crippen molar-refractivity contribution >= 4 is 16.7 Å². The minimum Gasteiger partial charge on any atom is -0.367 e. The van der Waals surface area contributed by atoms with Crippen LogP contribution in [0.25, 0.3) is 0 Å². The monoisotopic (exact) mass is 181 g/mol. The number of anilines is 1. The van der Waals surface area contributed by atoms with Crippen LogP contribution in [0.5, 0.6) is 0 Å².